The lowest BCUT2D eigenvalue weighted by Gasteiger charge is -2.47. The molecule has 3 nitrogen and oxygen atoms in total. The maximum absolute atomic E-state index is 11.9. The number of carbonyl (C=O) groups is 2. The van der Waals surface area contributed by atoms with Gasteiger partial charge in [0.2, 0.25) is 0 Å². The van der Waals surface area contributed by atoms with E-state index in [2.05, 4.69) is 12.2 Å². The van der Waals surface area contributed by atoms with E-state index in [0.29, 0.717) is 24.0 Å². The van der Waals surface area contributed by atoms with Gasteiger partial charge in [0, 0.05) is 12.3 Å². The van der Waals surface area contributed by atoms with Crippen LogP contribution in [0.2, 0.25) is 0 Å². The fraction of sp³-hybridized carbons (Fsp3) is 0.765. The highest BCUT2D eigenvalue weighted by atomic mass is 16.4. The summed E-state index contributed by atoms with van der Waals surface area (Å²) in [5.41, 5.74) is 0. The number of aliphatic carboxylic acids is 1. The Morgan fingerprint density at radius 3 is 2.35 bits per heavy atom. The molecule has 0 spiro atoms. The molecule has 112 valence electrons. The van der Waals surface area contributed by atoms with Crippen LogP contribution in [0, 0.1) is 23.7 Å². The quantitative estimate of drug-likeness (QED) is 0.569. The molecule has 1 N–H and O–H groups in total. The van der Waals surface area contributed by atoms with Crippen LogP contribution in [0.5, 0.6) is 0 Å². The Hall–Kier alpha value is -1.12. The SMILES string of the molecule is CC(=O)C1C2CCC(CC2)C1C/C=C\CCCC(=O)O. The number of Topliss-reactive ketones (excluding diaryl/α,β-unsaturated/α-hetero) is 1. The van der Waals surface area contributed by atoms with Gasteiger partial charge in [-0.05, 0) is 69.6 Å². The molecule has 3 rings (SSSR count). The molecule has 0 amide bonds. The van der Waals surface area contributed by atoms with Gasteiger partial charge in [0.15, 0.2) is 0 Å². The van der Waals surface area contributed by atoms with Crippen LogP contribution in [0.25, 0.3) is 0 Å². The summed E-state index contributed by atoms with van der Waals surface area (Å²) in [5, 5.41) is 8.58. The van der Waals surface area contributed by atoms with Crippen LogP contribution in [0.4, 0.5) is 0 Å². The molecule has 3 saturated carbocycles. The zero-order valence-electron chi connectivity index (χ0n) is 12.4. The number of carboxylic acids is 1. The maximum Gasteiger partial charge on any atom is 0.303 e. The van der Waals surface area contributed by atoms with E-state index in [1.165, 1.54) is 25.7 Å². The molecule has 0 aromatic heterocycles. The lowest BCUT2D eigenvalue weighted by Crippen LogP contribution is -2.43. The van der Waals surface area contributed by atoms with Gasteiger partial charge in [0.25, 0.3) is 0 Å². The summed E-state index contributed by atoms with van der Waals surface area (Å²) < 4.78 is 0. The van der Waals surface area contributed by atoms with Crippen molar-refractivity contribution < 1.29 is 14.7 Å². The van der Waals surface area contributed by atoms with Crippen LogP contribution < -0.4 is 0 Å². The number of carbonyl (C=O) groups excluding carboxylic acids is 1. The lowest BCUT2D eigenvalue weighted by atomic mass is 9.57. The van der Waals surface area contributed by atoms with Crippen molar-refractivity contribution in [3.63, 3.8) is 0 Å². The average molecular weight is 278 g/mol. The zero-order valence-corrected chi connectivity index (χ0v) is 12.4. The first-order valence-corrected chi connectivity index (χ1v) is 7.97. The summed E-state index contributed by atoms with van der Waals surface area (Å²) in [5.74, 6) is 1.84. The van der Waals surface area contributed by atoms with Crippen molar-refractivity contribution in [2.45, 2.75) is 58.3 Å². The van der Waals surface area contributed by atoms with Crippen LogP contribution >= 0.6 is 0 Å². The Morgan fingerprint density at radius 1 is 1.10 bits per heavy atom. The second-order valence-electron chi connectivity index (χ2n) is 6.47. The molecule has 0 heterocycles. The summed E-state index contributed by atoms with van der Waals surface area (Å²) in [4.78, 5) is 22.3. The van der Waals surface area contributed by atoms with Gasteiger partial charge in [0.1, 0.15) is 5.78 Å². The van der Waals surface area contributed by atoms with E-state index in [-0.39, 0.29) is 12.3 Å². The third-order valence-corrected chi connectivity index (χ3v) is 5.20. The second kappa shape index (κ2) is 7.05. The molecule has 0 aromatic rings. The van der Waals surface area contributed by atoms with Gasteiger partial charge in [-0.25, -0.2) is 0 Å². The van der Waals surface area contributed by atoms with Crippen LogP contribution in [0.3, 0.4) is 0 Å². The minimum atomic E-state index is -0.723. The first-order valence-electron chi connectivity index (χ1n) is 7.97. The molecule has 3 aliphatic rings. The van der Waals surface area contributed by atoms with Crippen molar-refractivity contribution in [3.05, 3.63) is 12.2 Å². The molecule has 2 unspecified atom stereocenters. The molecule has 3 fully saturated rings. The molecule has 2 atom stereocenters. The van der Waals surface area contributed by atoms with Crippen LogP contribution in [-0.4, -0.2) is 16.9 Å². The van der Waals surface area contributed by atoms with Gasteiger partial charge in [-0.3, -0.25) is 9.59 Å². The first-order chi connectivity index (χ1) is 9.59. The third-order valence-electron chi connectivity index (χ3n) is 5.20. The van der Waals surface area contributed by atoms with Gasteiger partial charge < -0.3 is 5.11 Å². The predicted molar refractivity (Wildman–Crippen MR) is 78.4 cm³/mol. The average Bonchev–Trinajstić information content (AvgIpc) is 2.43. The van der Waals surface area contributed by atoms with Crippen molar-refractivity contribution in [1.29, 1.82) is 0 Å². The Bertz CT molecular complexity index is 378. The van der Waals surface area contributed by atoms with Gasteiger partial charge >= 0.3 is 5.97 Å². The standard InChI is InChI=1S/C17H26O3/c1-12(18)17-14-10-8-13(9-11-14)15(17)6-4-2-3-5-7-16(19)20/h2,4,13-15,17H,3,5-11H2,1H3,(H,19,20)/b4-2-. The summed E-state index contributed by atoms with van der Waals surface area (Å²) in [6.45, 7) is 1.76. The topological polar surface area (TPSA) is 54.4 Å². The first kappa shape index (κ1) is 15.3. The molecular weight excluding hydrogens is 252 g/mol. The van der Waals surface area contributed by atoms with Crippen LogP contribution in [0.15, 0.2) is 12.2 Å². The van der Waals surface area contributed by atoms with Crippen molar-refractivity contribution in [1.82, 2.24) is 0 Å². The maximum atomic E-state index is 11.9. The fourth-order valence-corrected chi connectivity index (χ4v) is 4.29. The molecule has 0 aliphatic heterocycles. The van der Waals surface area contributed by atoms with Crippen molar-refractivity contribution in [2.75, 3.05) is 0 Å². The number of ketones is 1. The summed E-state index contributed by atoms with van der Waals surface area (Å²) in [6, 6.07) is 0. The Morgan fingerprint density at radius 2 is 1.75 bits per heavy atom. The van der Waals surface area contributed by atoms with Gasteiger partial charge in [-0.1, -0.05) is 12.2 Å². The van der Waals surface area contributed by atoms with E-state index >= 15 is 0 Å². The monoisotopic (exact) mass is 278 g/mol. The van der Waals surface area contributed by atoms with Crippen molar-refractivity contribution in [3.8, 4) is 0 Å². The number of unbranched alkanes of at least 4 members (excludes halogenated alkanes) is 1. The minimum absolute atomic E-state index is 0.245. The van der Waals surface area contributed by atoms with Crippen LogP contribution in [0.1, 0.15) is 58.3 Å². The molecule has 0 aromatic carbocycles. The van der Waals surface area contributed by atoms with E-state index in [4.69, 9.17) is 5.11 Å². The molecule has 3 heteroatoms. The Labute approximate surface area is 121 Å². The largest absolute Gasteiger partial charge is 0.481 e. The van der Waals surface area contributed by atoms with E-state index in [1.807, 2.05) is 0 Å². The Balaban J connectivity index is 1.82. The number of carboxylic acid groups (broad SMARTS) is 1. The van der Waals surface area contributed by atoms with E-state index in [0.717, 1.165) is 18.8 Å². The van der Waals surface area contributed by atoms with E-state index < -0.39 is 5.97 Å². The van der Waals surface area contributed by atoms with E-state index in [1.54, 1.807) is 6.92 Å². The highest BCUT2D eigenvalue weighted by Crippen LogP contribution is 2.50. The van der Waals surface area contributed by atoms with Gasteiger partial charge in [-0.2, -0.15) is 0 Å². The predicted octanol–water partition coefficient (Wildman–Crippen LogP) is 3.83. The number of rotatable bonds is 7. The van der Waals surface area contributed by atoms with E-state index in [9.17, 15) is 9.59 Å². The Kier molecular flexibility index (Phi) is 5.38. The molecule has 3 aliphatic carbocycles. The van der Waals surface area contributed by atoms with Crippen molar-refractivity contribution >= 4 is 11.8 Å². The van der Waals surface area contributed by atoms with Gasteiger partial charge in [-0.15, -0.1) is 0 Å². The summed E-state index contributed by atoms with van der Waals surface area (Å²) >= 11 is 0. The highest BCUT2D eigenvalue weighted by Gasteiger charge is 2.44. The molecule has 20 heavy (non-hydrogen) atoms. The third kappa shape index (κ3) is 3.71. The lowest BCUT2D eigenvalue weighted by molar-refractivity contribution is -0.137. The second-order valence-corrected chi connectivity index (χ2v) is 6.47. The number of fused-ring (bicyclic) bond motifs is 3. The number of allylic oxidation sites excluding steroid dienone is 2. The van der Waals surface area contributed by atoms with Crippen LogP contribution in [-0.2, 0) is 9.59 Å². The zero-order chi connectivity index (χ0) is 14.5. The summed E-state index contributed by atoms with van der Waals surface area (Å²) in [7, 11) is 0. The van der Waals surface area contributed by atoms with Gasteiger partial charge in [0.05, 0.1) is 0 Å². The number of hydrogen-bond donors (Lipinski definition) is 1. The normalized spacial score (nSPS) is 32.6. The molecule has 0 radical (unpaired) electrons. The molecule has 0 saturated heterocycles. The molecular formula is C17H26O3. The molecule has 2 bridgehead atoms. The summed E-state index contributed by atoms with van der Waals surface area (Å²) in [6.07, 6.45) is 12.1. The number of hydrogen-bond acceptors (Lipinski definition) is 2. The minimum Gasteiger partial charge on any atom is -0.481 e. The highest BCUT2D eigenvalue weighted by molar-refractivity contribution is 5.79. The smallest absolute Gasteiger partial charge is 0.303 e. The van der Waals surface area contributed by atoms with Crippen molar-refractivity contribution in [2.24, 2.45) is 23.7 Å². The fourth-order valence-electron chi connectivity index (χ4n) is 4.29.